The lowest BCUT2D eigenvalue weighted by Gasteiger charge is -2.33. The third kappa shape index (κ3) is 3.70. The fraction of sp³-hybridized carbons (Fsp3) is 0.857. The standard InChI is InChI=1S/C14H27N3O3/c1-9(2)16(10(3)4)7-11(18)8-17-12(19)14(5,6)15-13(17)20/h9-11,18H,7-8H2,1-6H3,(H,15,20). The second-order valence-corrected chi connectivity index (χ2v) is 6.51. The minimum Gasteiger partial charge on any atom is -0.390 e. The molecule has 0 saturated carbocycles. The molecule has 1 saturated heterocycles. The molecule has 0 radical (unpaired) electrons. The van der Waals surface area contributed by atoms with Crippen molar-refractivity contribution in [2.24, 2.45) is 0 Å². The van der Waals surface area contributed by atoms with Crippen molar-refractivity contribution in [1.29, 1.82) is 0 Å². The molecule has 2 N–H and O–H groups in total. The molecular weight excluding hydrogens is 258 g/mol. The number of hydrogen-bond acceptors (Lipinski definition) is 4. The highest BCUT2D eigenvalue weighted by molar-refractivity contribution is 6.06. The molecular formula is C14H27N3O3. The Kier molecular flexibility index (Phi) is 5.15. The molecule has 6 heteroatoms. The predicted molar refractivity (Wildman–Crippen MR) is 77.3 cm³/mol. The number of rotatable bonds is 6. The van der Waals surface area contributed by atoms with Crippen LogP contribution in [-0.4, -0.2) is 63.7 Å². The Balaban J connectivity index is 2.65. The molecule has 1 unspecified atom stereocenters. The first-order chi connectivity index (χ1) is 9.06. The van der Waals surface area contributed by atoms with Gasteiger partial charge in [-0.05, 0) is 41.5 Å². The summed E-state index contributed by atoms with van der Waals surface area (Å²) in [5.41, 5.74) is -0.882. The Morgan fingerprint density at radius 3 is 2.05 bits per heavy atom. The maximum absolute atomic E-state index is 12.0. The topological polar surface area (TPSA) is 72.9 Å². The van der Waals surface area contributed by atoms with Gasteiger partial charge < -0.3 is 10.4 Å². The Hall–Kier alpha value is -1.14. The van der Waals surface area contributed by atoms with E-state index in [1.165, 1.54) is 0 Å². The van der Waals surface area contributed by atoms with Gasteiger partial charge in [0.15, 0.2) is 0 Å². The third-order valence-electron chi connectivity index (χ3n) is 3.59. The molecule has 0 aromatic carbocycles. The van der Waals surface area contributed by atoms with Crippen molar-refractivity contribution in [3.05, 3.63) is 0 Å². The lowest BCUT2D eigenvalue weighted by molar-refractivity contribution is -0.131. The summed E-state index contributed by atoms with van der Waals surface area (Å²) in [4.78, 5) is 27.0. The van der Waals surface area contributed by atoms with Crippen LogP contribution in [0.15, 0.2) is 0 Å². The van der Waals surface area contributed by atoms with Gasteiger partial charge in [-0.15, -0.1) is 0 Å². The van der Waals surface area contributed by atoms with Crippen LogP contribution in [0.2, 0.25) is 0 Å². The van der Waals surface area contributed by atoms with Crippen LogP contribution in [0.25, 0.3) is 0 Å². The van der Waals surface area contributed by atoms with E-state index in [2.05, 4.69) is 37.9 Å². The SMILES string of the molecule is CC(C)N(CC(O)CN1C(=O)NC(C)(C)C1=O)C(C)C. The number of aliphatic hydroxyl groups is 1. The fourth-order valence-electron chi connectivity index (χ4n) is 2.51. The van der Waals surface area contributed by atoms with Gasteiger partial charge in [0.1, 0.15) is 5.54 Å². The number of amides is 3. The second-order valence-electron chi connectivity index (χ2n) is 6.51. The van der Waals surface area contributed by atoms with Crippen molar-refractivity contribution in [3.63, 3.8) is 0 Å². The van der Waals surface area contributed by atoms with Gasteiger partial charge in [0.25, 0.3) is 5.91 Å². The van der Waals surface area contributed by atoms with E-state index in [1.54, 1.807) is 13.8 Å². The second kappa shape index (κ2) is 6.10. The molecule has 20 heavy (non-hydrogen) atoms. The molecule has 0 spiro atoms. The number of hydrogen-bond donors (Lipinski definition) is 2. The monoisotopic (exact) mass is 285 g/mol. The number of nitrogens with zero attached hydrogens (tertiary/aromatic N) is 2. The minimum atomic E-state index is -0.882. The van der Waals surface area contributed by atoms with E-state index < -0.39 is 17.7 Å². The highest BCUT2D eigenvalue weighted by Crippen LogP contribution is 2.17. The molecule has 0 bridgehead atoms. The summed E-state index contributed by atoms with van der Waals surface area (Å²) in [7, 11) is 0. The smallest absolute Gasteiger partial charge is 0.325 e. The summed E-state index contributed by atoms with van der Waals surface area (Å²) in [6.07, 6.45) is -0.747. The molecule has 1 heterocycles. The van der Waals surface area contributed by atoms with Gasteiger partial charge in [-0.3, -0.25) is 14.6 Å². The first-order valence-corrected chi connectivity index (χ1v) is 7.14. The van der Waals surface area contributed by atoms with Crippen LogP contribution in [0.4, 0.5) is 4.79 Å². The Morgan fingerprint density at radius 2 is 1.70 bits per heavy atom. The zero-order chi connectivity index (χ0) is 15.7. The van der Waals surface area contributed by atoms with Crippen molar-refractivity contribution >= 4 is 11.9 Å². The van der Waals surface area contributed by atoms with E-state index in [0.29, 0.717) is 18.6 Å². The molecule has 1 aliphatic rings. The summed E-state index contributed by atoms with van der Waals surface area (Å²) < 4.78 is 0. The Labute approximate surface area is 121 Å². The van der Waals surface area contributed by atoms with Crippen molar-refractivity contribution in [2.45, 2.75) is 65.3 Å². The van der Waals surface area contributed by atoms with Crippen molar-refractivity contribution in [3.8, 4) is 0 Å². The lowest BCUT2D eigenvalue weighted by atomic mass is 10.1. The normalized spacial score (nSPS) is 20.2. The quantitative estimate of drug-likeness (QED) is 0.708. The average Bonchev–Trinajstić information content (AvgIpc) is 2.47. The molecule has 0 aromatic rings. The van der Waals surface area contributed by atoms with E-state index in [1.807, 2.05) is 0 Å². The first kappa shape index (κ1) is 16.9. The highest BCUT2D eigenvalue weighted by Gasteiger charge is 2.44. The van der Waals surface area contributed by atoms with E-state index in [-0.39, 0.29) is 12.5 Å². The minimum absolute atomic E-state index is 0.0318. The fourth-order valence-corrected chi connectivity index (χ4v) is 2.51. The van der Waals surface area contributed by atoms with Crippen molar-refractivity contribution in [1.82, 2.24) is 15.1 Å². The summed E-state index contributed by atoms with van der Waals surface area (Å²) in [6.45, 7) is 12.0. The molecule has 116 valence electrons. The van der Waals surface area contributed by atoms with Crippen LogP contribution in [0.3, 0.4) is 0 Å². The van der Waals surface area contributed by atoms with E-state index >= 15 is 0 Å². The van der Waals surface area contributed by atoms with E-state index in [4.69, 9.17) is 0 Å². The van der Waals surface area contributed by atoms with E-state index in [0.717, 1.165) is 4.90 Å². The summed E-state index contributed by atoms with van der Waals surface area (Å²) in [6, 6.07) is 0.160. The van der Waals surface area contributed by atoms with E-state index in [9.17, 15) is 14.7 Å². The number of β-amino-alcohol motifs (C(OH)–C–C–N with tert-alkyl or cyclic N) is 1. The summed E-state index contributed by atoms with van der Waals surface area (Å²) >= 11 is 0. The number of carbonyl (C=O) groups is 2. The highest BCUT2D eigenvalue weighted by atomic mass is 16.3. The zero-order valence-corrected chi connectivity index (χ0v) is 13.3. The maximum Gasteiger partial charge on any atom is 0.325 e. The molecule has 0 aliphatic carbocycles. The molecule has 1 atom stereocenters. The van der Waals surface area contributed by atoms with Crippen LogP contribution >= 0.6 is 0 Å². The van der Waals surface area contributed by atoms with Crippen LogP contribution in [0.1, 0.15) is 41.5 Å². The maximum atomic E-state index is 12.0. The number of aliphatic hydroxyl groups excluding tert-OH is 1. The van der Waals surface area contributed by atoms with Crippen molar-refractivity contribution < 1.29 is 14.7 Å². The average molecular weight is 285 g/mol. The van der Waals surface area contributed by atoms with Gasteiger partial charge in [-0.25, -0.2) is 4.79 Å². The zero-order valence-electron chi connectivity index (χ0n) is 13.3. The van der Waals surface area contributed by atoms with Gasteiger partial charge in [-0.1, -0.05) is 0 Å². The number of nitrogens with one attached hydrogen (secondary N) is 1. The largest absolute Gasteiger partial charge is 0.390 e. The van der Waals surface area contributed by atoms with Gasteiger partial charge >= 0.3 is 6.03 Å². The molecule has 0 aromatic heterocycles. The van der Waals surface area contributed by atoms with Crippen LogP contribution in [-0.2, 0) is 4.79 Å². The van der Waals surface area contributed by atoms with Crippen LogP contribution in [0, 0.1) is 0 Å². The first-order valence-electron chi connectivity index (χ1n) is 7.14. The molecule has 6 nitrogen and oxygen atoms in total. The van der Waals surface area contributed by atoms with Gasteiger partial charge in [-0.2, -0.15) is 0 Å². The molecule has 1 rings (SSSR count). The van der Waals surface area contributed by atoms with Crippen molar-refractivity contribution in [2.75, 3.05) is 13.1 Å². The third-order valence-corrected chi connectivity index (χ3v) is 3.59. The van der Waals surface area contributed by atoms with Gasteiger partial charge in [0.2, 0.25) is 0 Å². The summed E-state index contributed by atoms with van der Waals surface area (Å²) in [5, 5.41) is 12.8. The molecule has 3 amide bonds. The molecule has 1 fully saturated rings. The predicted octanol–water partition coefficient (Wildman–Crippen LogP) is 0.796. The number of urea groups is 1. The Bertz CT molecular complexity index is 372. The molecule has 1 aliphatic heterocycles. The number of carbonyl (C=O) groups excluding carboxylic acids is 2. The lowest BCUT2D eigenvalue weighted by Crippen LogP contribution is -2.47. The van der Waals surface area contributed by atoms with Gasteiger partial charge in [0, 0.05) is 18.6 Å². The van der Waals surface area contributed by atoms with Crippen LogP contribution in [0.5, 0.6) is 0 Å². The van der Waals surface area contributed by atoms with Crippen LogP contribution < -0.4 is 5.32 Å². The summed E-state index contributed by atoms with van der Waals surface area (Å²) in [5.74, 6) is -0.290. The Morgan fingerprint density at radius 1 is 1.20 bits per heavy atom. The number of imide groups is 1. The van der Waals surface area contributed by atoms with Gasteiger partial charge in [0.05, 0.1) is 12.6 Å².